The van der Waals surface area contributed by atoms with E-state index in [-0.39, 0.29) is 34.5 Å². The number of nitrogens with one attached hydrogen (secondary N) is 1. The molecular weight excluding hydrogens is 342 g/mol. The molecule has 1 heterocycles. The fourth-order valence-electron chi connectivity index (χ4n) is 7.62. The predicted octanol–water partition coefficient (Wildman–Crippen LogP) is 2.78. The summed E-state index contributed by atoms with van der Waals surface area (Å²) in [6.07, 6.45) is 4.21. The van der Waals surface area contributed by atoms with Crippen LogP contribution in [0.3, 0.4) is 0 Å². The standard InChI is InChI=1S/C22H29NO4/c1-10-9-12-13-5-6-15(25)21(13,3)8-7-14(12)22(4)16(10)17(23-11(2)24)18(26)19-20(22)27-19/h10,12-14,19-20H,5-9H2,1-4H3,(H,23,24)/t10?,12-,13-,14+,19?,20?,21-,22+/m0/s1. The lowest BCUT2D eigenvalue weighted by atomic mass is 9.45. The predicted molar refractivity (Wildman–Crippen MR) is 98.5 cm³/mol. The van der Waals surface area contributed by atoms with Crippen molar-refractivity contribution in [1.82, 2.24) is 5.32 Å². The zero-order chi connectivity index (χ0) is 19.3. The summed E-state index contributed by atoms with van der Waals surface area (Å²) in [4.78, 5) is 37.2. The zero-order valence-corrected chi connectivity index (χ0v) is 16.6. The van der Waals surface area contributed by atoms with Gasteiger partial charge in [0.2, 0.25) is 11.7 Å². The van der Waals surface area contributed by atoms with Crippen molar-refractivity contribution < 1.29 is 19.1 Å². The maximum absolute atomic E-state index is 12.8. The highest BCUT2D eigenvalue weighted by atomic mass is 16.6. The number of epoxide rings is 1. The van der Waals surface area contributed by atoms with Gasteiger partial charge in [-0.25, -0.2) is 0 Å². The van der Waals surface area contributed by atoms with E-state index in [1.165, 1.54) is 6.92 Å². The van der Waals surface area contributed by atoms with Crippen molar-refractivity contribution in [2.45, 2.75) is 72.0 Å². The van der Waals surface area contributed by atoms with Crippen molar-refractivity contribution in [3.8, 4) is 0 Å². The fraction of sp³-hybridized carbons (Fsp3) is 0.773. The molecule has 5 aliphatic rings. The summed E-state index contributed by atoms with van der Waals surface area (Å²) in [6.45, 7) is 8.09. The van der Waals surface area contributed by atoms with Crippen LogP contribution < -0.4 is 5.32 Å². The van der Waals surface area contributed by atoms with E-state index in [1.54, 1.807) is 0 Å². The number of ether oxygens (including phenoxy) is 1. The quantitative estimate of drug-likeness (QED) is 0.719. The normalized spacial score (nSPS) is 50.5. The number of Topliss-reactive ketones (excluding diaryl/α,β-unsaturated/α-hetero) is 2. The summed E-state index contributed by atoms with van der Waals surface area (Å²) in [5.74, 6) is 1.77. The number of fused-ring (bicyclic) bond motifs is 7. The Kier molecular flexibility index (Phi) is 3.46. The molecule has 27 heavy (non-hydrogen) atoms. The summed E-state index contributed by atoms with van der Waals surface area (Å²) >= 11 is 0. The molecular formula is C22H29NO4. The first-order valence-electron chi connectivity index (χ1n) is 10.4. The number of hydrogen-bond acceptors (Lipinski definition) is 4. The maximum Gasteiger partial charge on any atom is 0.221 e. The molecule has 3 unspecified atom stereocenters. The van der Waals surface area contributed by atoms with Gasteiger partial charge in [0.15, 0.2) is 0 Å². The molecule has 4 aliphatic carbocycles. The first-order valence-corrected chi connectivity index (χ1v) is 10.4. The van der Waals surface area contributed by atoms with Crippen LogP contribution >= 0.6 is 0 Å². The molecule has 1 amide bonds. The monoisotopic (exact) mass is 371 g/mol. The van der Waals surface area contributed by atoms with E-state index in [9.17, 15) is 14.4 Å². The molecule has 3 saturated carbocycles. The Morgan fingerprint density at radius 2 is 1.93 bits per heavy atom. The zero-order valence-electron chi connectivity index (χ0n) is 16.6. The number of rotatable bonds is 1. The number of amides is 1. The van der Waals surface area contributed by atoms with Crippen molar-refractivity contribution in [3.05, 3.63) is 11.3 Å². The molecule has 0 aromatic carbocycles. The van der Waals surface area contributed by atoms with E-state index in [1.807, 2.05) is 0 Å². The minimum atomic E-state index is -0.398. The van der Waals surface area contributed by atoms with E-state index in [0.29, 0.717) is 29.2 Å². The third kappa shape index (κ3) is 2.07. The van der Waals surface area contributed by atoms with Gasteiger partial charge in [0.1, 0.15) is 18.0 Å². The Labute approximate surface area is 160 Å². The molecule has 5 rings (SSSR count). The summed E-state index contributed by atoms with van der Waals surface area (Å²) in [5, 5.41) is 2.86. The third-order valence-corrected chi connectivity index (χ3v) is 8.77. The third-order valence-electron chi connectivity index (χ3n) is 8.77. The van der Waals surface area contributed by atoms with Crippen LogP contribution in [0.15, 0.2) is 11.3 Å². The summed E-state index contributed by atoms with van der Waals surface area (Å²) in [5.41, 5.74) is 1.24. The minimum absolute atomic E-state index is 0.0512. The second-order valence-electron chi connectivity index (χ2n) is 10.0. The molecule has 146 valence electrons. The summed E-state index contributed by atoms with van der Waals surface area (Å²) < 4.78 is 5.92. The smallest absolute Gasteiger partial charge is 0.221 e. The van der Waals surface area contributed by atoms with Gasteiger partial charge in [-0.3, -0.25) is 14.4 Å². The lowest BCUT2D eigenvalue weighted by Crippen LogP contribution is -2.56. The molecule has 0 spiro atoms. The van der Waals surface area contributed by atoms with Gasteiger partial charge in [0.05, 0.1) is 5.70 Å². The molecule has 8 atom stereocenters. The van der Waals surface area contributed by atoms with E-state index in [0.717, 1.165) is 37.7 Å². The van der Waals surface area contributed by atoms with E-state index in [4.69, 9.17) is 4.74 Å². The Morgan fingerprint density at radius 1 is 1.19 bits per heavy atom. The Morgan fingerprint density at radius 3 is 2.63 bits per heavy atom. The lowest BCUT2D eigenvalue weighted by Gasteiger charge is -2.58. The summed E-state index contributed by atoms with van der Waals surface area (Å²) in [6, 6.07) is 0. The highest BCUT2D eigenvalue weighted by Gasteiger charge is 2.70. The first-order chi connectivity index (χ1) is 12.7. The molecule has 1 aliphatic heterocycles. The second-order valence-corrected chi connectivity index (χ2v) is 10.0. The first kappa shape index (κ1) is 17.6. The fourth-order valence-corrected chi connectivity index (χ4v) is 7.62. The average molecular weight is 371 g/mol. The van der Waals surface area contributed by atoms with Gasteiger partial charge in [-0.1, -0.05) is 20.8 Å². The maximum atomic E-state index is 12.8. The van der Waals surface area contributed by atoms with Crippen LogP contribution in [0.5, 0.6) is 0 Å². The van der Waals surface area contributed by atoms with Crippen LogP contribution in [-0.2, 0) is 19.1 Å². The van der Waals surface area contributed by atoms with Crippen LogP contribution in [0.1, 0.15) is 59.8 Å². The van der Waals surface area contributed by atoms with Gasteiger partial charge >= 0.3 is 0 Å². The van der Waals surface area contributed by atoms with Crippen LogP contribution in [-0.4, -0.2) is 29.7 Å². The number of ketones is 2. The Balaban J connectivity index is 1.62. The van der Waals surface area contributed by atoms with E-state index in [2.05, 4.69) is 26.1 Å². The van der Waals surface area contributed by atoms with Gasteiger partial charge in [0.25, 0.3) is 0 Å². The molecule has 4 fully saturated rings. The Bertz CT molecular complexity index is 800. The topological polar surface area (TPSA) is 75.8 Å². The van der Waals surface area contributed by atoms with E-state index >= 15 is 0 Å². The molecule has 0 radical (unpaired) electrons. The molecule has 1 saturated heterocycles. The van der Waals surface area contributed by atoms with Gasteiger partial charge in [-0.2, -0.15) is 0 Å². The van der Waals surface area contributed by atoms with E-state index < -0.39 is 6.10 Å². The van der Waals surface area contributed by atoms with Crippen molar-refractivity contribution in [1.29, 1.82) is 0 Å². The second kappa shape index (κ2) is 5.31. The Hall–Kier alpha value is -1.49. The van der Waals surface area contributed by atoms with Crippen molar-refractivity contribution in [2.75, 3.05) is 0 Å². The van der Waals surface area contributed by atoms with Crippen LogP contribution in [0.4, 0.5) is 0 Å². The van der Waals surface area contributed by atoms with Crippen molar-refractivity contribution >= 4 is 17.5 Å². The number of hydrogen-bond donors (Lipinski definition) is 1. The minimum Gasteiger partial charge on any atom is -0.360 e. The molecule has 5 heteroatoms. The van der Waals surface area contributed by atoms with Crippen LogP contribution in [0.25, 0.3) is 0 Å². The highest BCUT2D eigenvalue weighted by Crippen LogP contribution is 2.68. The molecule has 0 bridgehead atoms. The molecule has 0 aromatic heterocycles. The van der Waals surface area contributed by atoms with Crippen molar-refractivity contribution in [2.24, 2.45) is 34.5 Å². The van der Waals surface area contributed by atoms with Crippen molar-refractivity contribution in [3.63, 3.8) is 0 Å². The van der Waals surface area contributed by atoms with Gasteiger partial charge in [0, 0.05) is 24.2 Å². The molecule has 0 aromatic rings. The van der Waals surface area contributed by atoms with Gasteiger partial charge < -0.3 is 10.1 Å². The van der Waals surface area contributed by atoms with Gasteiger partial charge in [-0.05, 0) is 54.9 Å². The van der Waals surface area contributed by atoms with Crippen LogP contribution in [0, 0.1) is 34.5 Å². The largest absolute Gasteiger partial charge is 0.360 e. The SMILES string of the molecule is CC(=O)NC1=C2C(C)C[C@@H]3[C@@H](CC[C@]4(C)C(=O)CC[C@@H]34)[C@@]2(C)C2OC2C1=O. The van der Waals surface area contributed by atoms with Gasteiger partial charge in [-0.15, -0.1) is 0 Å². The molecule has 5 nitrogen and oxygen atoms in total. The average Bonchev–Trinajstić information content (AvgIpc) is 3.34. The van der Waals surface area contributed by atoms with Crippen LogP contribution in [0.2, 0.25) is 0 Å². The number of carbonyl (C=O) groups is 3. The highest BCUT2D eigenvalue weighted by molar-refractivity contribution is 6.05. The lowest BCUT2D eigenvalue weighted by molar-refractivity contribution is -0.133. The number of carbonyl (C=O) groups excluding carboxylic acids is 3. The summed E-state index contributed by atoms with van der Waals surface area (Å²) in [7, 11) is 0. The molecule has 1 N–H and O–H groups in total.